The molecule has 0 aliphatic carbocycles. The second-order valence-corrected chi connectivity index (χ2v) is 10.5. The Morgan fingerprint density at radius 3 is 0.812 bits per heavy atom. The summed E-state index contributed by atoms with van der Waals surface area (Å²) in [5, 5.41) is 0. The molecule has 0 bridgehead atoms. The van der Waals surface area contributed by atoms with Gasteiger partial charge in [-0.1, -0.05) is 174 Å². The van der Waals surface area contributed by atoms with Gasteiger partial charge in [-0.15, -0.1) is 0 Å². The van der Waals surface area contributed by atoms with Crippen LogP contribution in [0.15, 0.2) is 0 Å². The van der Waals surface area contributed by atoms with Crippen molar-refractivity contribution in [2.75, 3.05) is 0 Å². The molecule has 0 aromatic rings. The standard InChI is InChI=1S/C31H61O/c1-3-5-7-9-11-13-15-17-19-21-23-25-27-29-31(30-32)28-26-24-22-20-18-16-14-12-10-8-6-4-2/h31H,3-29H2,1-2H3. The molecule has 1 nitrogen and oxygen atoms in total. The van der Waals surface area contributed by atoms with E-state index in [4.69, 9.17) is 0 Å². The van der Waals surface area contributed by atoms with Crippen LogP contribution in [0.4, 0.5) is 0 Å². The molecule has 1 radical (unpaired) electrons. The van der Waals surface area contributed by atoms with Crippen LogP contribution in [-0.4, -0.2) is 6.29 Å². The molecule has 0 rings (SSSR count). The van der Waals surface area contributed by atoms with Crippen molar-refractivity contribution in [3.8, 4) is 0 Å². The fraction of sp³-hybridized carbons (Fsp3) is 0.968. The van der Waals surface area contributed by atoms with Crippen LogP contribution < -0.4 is 0 Å². The Balaban J connectivity index is 3.27. The zero-order valence-electron chi connectivity index (χ0n) is 22.6. The van der Waals surface area contributed by atoms with E-state index in [9.17, 15) is 4.79 Å². The number of carbonyl (C=O) groups excluding carboxylic acids is 1. The highest BCUT2D eigenvalue weighted by Gasteiger charge is 2.08. The number of hydrogen-bond donors (Lipinski definition) is 0. The minimum Gasteiger partial charge on any atom is -0.291 e. The summed E-state index contributed by atoms with van der Waals surface area (Å²) in [7, 11) is 0. The fourth-order valence-electron chi connectivity index (χ4n) is 4.90. The smallest absolute Gasteiger partial charge is 0.201 e. The first-order valence-corrected chi connectivity index (χ1v) is 15.2. The number of unbranched alkanes of at least 4 members (excludes halogenated alkanes) is 23. The zero-order chi connectivity index (χ0) is 23.4. The van der Waals surface area contributed by atoms with Crippen molar-refractivity contribution in [2.45, 2.75) is 187 Å². The Morgan fingerprint density at radius 2 is 0.594 bits per heavy atom. The molecule has 0 saturated heterocycles. The van der Waals surface area contributed by atoms with Crippen LogP contribution in [0.25, 0.3) is 0 Å². The molecule has 1 unspecified atom stereocenters. The highest BCUT2D eigenvalue weighted by atomic mass is 16.1. The largest absolute Gasteiger partial charge is 0.291 e. The normalized spacial score (nSPS) is 12.3. The summed E-state index contributed by atoms with van der Waals surface area (Å²) >= 11 is 0. The van der Waals surface area contributed by atoms with Crippen molar-refractivity contribution in [1.29, 1.82) is 0 Å². The Kier molecular flexibility index (Phi) is 28.4. The lowest BCUT2D eigenvalue weighted by Crippen LogP contribution is -2.02. The minimum atomic E-state index is 0.214. The van der Waals surface area contributed by atoms with Crippen LogP contribution in [0.3, 0.4) is 0 Å². The maximum Gasteiger partial charge on any atom is 0.201 e. The van der Waals surface area contributed by atoms with E-state index in [0.717, 1.165) is 12.8 Å². The molecule has 0 aromatic carbocycles. The summed E-state index contributed by atoms with van der Waals surface area (Å²) in [6, 6.07) is 0. The van der Waals surface area contributed by atoms with Gasteiger partial charge in [0.2, 0.25) is 6.29 Å². The molecular formula is C31H61O. The Morgan fingerprint density at radius 1 is 0.375 bits per heavy atom. The van der Waals surface area contributed by atoms with E-state index >= 15 is 0 Å². The van der Waals surface area contributed by atoms with Crippen molar-refractivity contribution < 1.29 is 4.79 Å². The maximum atomic E-state index is 11.3. The molecule has 191 valence electrons. The first-order valence-electron chi connectivity index (χ1n) is 15.2. The summed E-state index contributed by atoms with van der Waals surface area (Å²) in [5.41, 5.74) is 0. The first kappa shape index (κ1) is 31.7. The van der Waals surface area contributed by atoms with Gasteiger partial charge in [-0.2, -0.15) is 0 Å². The van der Waals surface area contributed by atoms with Crippen molar-refractivity contribution in [2.24, 2.45) is 5.92 Å². The average Bonchev–Trinajstić information content (AvgIpc) is 2.81. The van der Waals surface area contributed by atoms with E-state index in [1.54, 1.807) is 0 Å². The van der Waals surface area contributed by atoms with Gasteiger partial charge < -0.3 is 0 Å². The van der Waals surface area contributed by atoms with E-state index in [0.29, 0.717) is 0 Å². The molecular weight excluding hydrogens is 388 g/mol. The highest BCUT2D eigenvalue weighted by molar-refractivity contribution is 5.54. The Hall–Kier alpha value is -0.330. The zero-order valence-corrected chi connectivity index (χ0v) is 22.6. The van der Waals surface area contributed by atoms with Gasteiger partial charge in [-0.3, -0.25) is 4.79 Å². The molecule has 1 heteroatoms. The molecule has 0 aromatic heterocycles. The first-order chi connectivity index (χ1) is 15.8. The van der Waals surface area contributed by atoms with Crippen molar-refractivity contribution in [3.63, 3.8) is 0 Å². The second-order valence-electron chi connectivity index (χ2n) is 10.5. The lowest BCUT2D eigenvalue weighted by molar-refractivity contribution is 0.448. The second kappa shape index (κ2) is 28.7. The van der Waals surface area contributed by atoms with Crippen LogP contribution in [-0.2, 0) is 4.79 Å². The average molecular weight is 450 g/mol. The van der Waals surface area contributed by atoms with Crippen LogP contribution in [0.5, 0.6) is 0 Å². The summed E-state index contributed by atoms with van der Waals surface area (Å²) in [6.45, 7) is 4.58. The Bertz CT molecular complexity index is 337. The van der Waals surface area contributed by atoms with Gasteiger partial charge in [0.25, 0.3) is 0 Å². The Labute approximate surface area is 204 Å². The van der Waals surface area contributed by atoms with Crippen molar-refractivity contribution >= 4 is 6.29 Å². The summed E-state index contributed by atoms with van der Waals surface area (Å²) in [6.07, 6.45) is 39.3. The quantitative estimate of drug-likeness (QED) is 0.108. The predicted molar refractivity (Wildman–Crippen MR) is 145 cm³/mol. The molecule has 1 atom stereocenters. The van der Waals surface area contributed by atoms with E-state index in [1.165, 1.54) is 161 Å². The molecule has 0 saturated carbocycles. The topological polar surface area (TPSA) is 17.1 Å². The van der Waals surface area contributed by atoms with Crippen LogP contribution >= 0.6 is 0 Å². The van der Waals surface area contributed by atoms with Crippen molar-refractivity contribution in [1.82, 2.24) is 0 Å². The van der Waals surface area contributed by atoms with Gasteiger partial charge in [0.15, 0.2) is 0 Å². The van der Waals surface area contributed by atoms with Gasteiger partial charge in [0.05, 0.1) is 0 Å². The van der Waals surface area contributed by atoms with Crippen LogP contribution in [0.2, 0.25) is 0 Å². The van der Waals surface area contributed by atoms with Crippen molar-refractivity contribution in [3.05, 3.63) is 0 Å². The van der Waals surface area contributed by atoms with Crippen LogP contribution in [0, 0.1) is 5.92 Å². The summed E-state index contributed by atoms with van der Waals surface area (Å²) in [4.78, 5) is 11.3. The highest BCUT2D eigenvalue weighted by Crippen LogP contribution is 2.19. The third-order valence-corrected chi connectivity index (χ3v) is 7.23. The lowest BCUT2D eigenvalue weighted by atomic mass is 9.95. The van der Waals surface area contributed by atoms with Gasteiger partial charge in [0, 0.05) is 5.92 Å². The monoisotopic (exact) mass is 449 g/mol. The SMILES string of the molecule is CCCCCCCCCCCCCCCC([C]=O)CCCCCCCCCCCCCC. The van der Waals surface area contributed by atoms with Gasteiger partial charge in [-0.05, 0) is 12.8 Å². The molecule has 0 aliphatic rings. The predicted octanol–water partition coefficient (Wildman–Crippen LogP) is 11.3. The summed E-state index contributed by atoms with van der Waals surface area (Å²) in [5.74, 6) is 0.214. The number of rotatable bonds is 28. The van der Waals surface area contributed by atoms with Gasteiger partial charge >= 0.3 is 0 Å². The fourth-order valence-corrected chi connectivity index (χ4v) is 4.90. The third-order valence-electron chi connectivity index (χ3n) is 7.23. The third kappa shape index (κ3) is 25.9. The summed E-state index contributed by atoms with van der Waals surface area (Å²) < 4.78 is 0. The molecule has 32 heavy (non-hydrogen) atoms. The van der Waals surface area contributed by atoms with Gasteiger partial charge in [0.1, 0.15) is 0 Å². The van der Waals surface area contributed by atoms with Gasteiger partial charge in [-0.25, -0.2) is 0 Å². The lowest BCUT2D eigenvalue weighted by Gasteiger charge is -2.09. The number of hydrogen-bond acceptors (Lipinski definition) is 1. The molecule has 0 fully saturated rings. The molecule has 0 spiro atoms. The van der Waals surface area contributed by atoms with E-state index in [1.807, 2.05) is 0 Å². The van der Waals surface area contributed by atoms with E-state index < -0.39 is 0 Å². The maximum absolute atomic E-state index is 11.3. The van der Waals surface area contributed by atoms with E-state index in [-0.39, 0.29) is 5.92 Å². The molecule has 0 N–H and O–H groups in total. The van der Waals surface area contributed by atoms with Crippen LogP contribution in [0.1, 0.15) is 187 Å². The molecule has 0 aliphatic heterocycles. The molecule has 0 amide bonds. The minimum absolute atomic E-state index is 0.214. The molecule has 0 heterocycles. The van der Waals surface area contributed by atoms with E-state index in [2.05, 4.69) is 20.1 Å².